The SMILES string of the molecule is Cc1ccc(C2CC(CNN3CCOCC3)=NN2c2ccc(Cl)cc2Cl)s1. The van der Waals surface area contributed by atoms with Gasteiger partial charge >= 0.3 is 0 Å². The van der Waals surface area contributed by atoms with Gasteiger partial charge in [0.2, 0.25) is 0 Å². The van der Waals surface area contributed by atoms with Gasteiger partial charge in [0.1, 0.15) is 0 Å². The second-order valence-electron chi connectivity index (χ2n) is 6.71. The van der Waals surface area contributed by atoms with Crippen LogP contribution < -0.4 is 10.4 Å². The molecule has 4 rings (SSSR count). The van der Waals surface area contributed by atoms with Crippen LogP contribution >= 0.6 is 34.5 Å². The van der Waals surface area contributed by atoms with Gasteiger partial charge in [-0.25, -0.2) is 10.4 Å². The summed E-state index contributed by atoms with van der Waals surface area (Å²) in [5.41, 5.74) is 5.48. The van der Waals surface area contributed by atoms with Crippen molar-refractivity contribution in [2.45, 2.75) is 19.4 Å². The van der Waals surface area contributed by atoms with Gasteiger partial charge in [0.25, 0.3) is 0 Å². The Morgan fingerprint density at radius 1 is 1.22 bits per heavy atom. The lowest BCUT2D eigenvalue weighted by Crippen LogP contribution is -2.47. The summed E-state index contributed by atoms with van der Waals surface area (Å²) < 4.78 is 5.40. The molecule has 2 aliphatic heterocycles. The number of hydrazone groups is 1. The first kappa shape index (κ1) is 19.2. The van der Waals surface area contributed by atoms with E-state index in [1.54, 1.807) is 6.07 Å². The fourth-order valence-corrected chi connectivity index (χ4v) is 4.81. The van der Waals surface area contributed by atoms with Crippen molar-refractivity contribution in [2.24, 2.45) is 5.10 Å². The van der Waals surface area contributed by atoms with Gasteiger partial charge < -0.3 is 4.74 Å². The van der Waals surface area contributed by atoms with Crippen LogP contribution in [0.2, 0.25) is 10.0 Å². The Hall–Kier alpha value is -1.15. The largest absolute Gasteiger partial charge is 0.379 e. The second kappa shape index (κ2) is 8.47. The van der Waals surface area contributed by atoms with Crippen molar-refractivity contribution in [3.63, 3.8) is 0 Å². The van der Waals surface area contributed by atoms with Gasteiger partial charge in [0, 0.05) is 34.3 Å². The highest BCUT2D eigenvalue weighted by atomic mass is 35.5. The van der Waals surface area contributed by atoms with Gasteiger partial charge in [-0.05, 0) is 37.3 Å². The van der Waals surface area contributed by atoms with Gasteiger partial charge in [-0.2, -0.15) is 5.10 Å². The zero-order valence-corrected chi connectivity index (χ0v) is 17.4. The van der Waals surface area contributed by atoms with Crippen molar-refractivity contribution >= 4 is 45.9 Å². The molecule has 0 bridgehead atoms. The highest BCUT2D eigenvalue weighted by Crippen LogP contribution is 2.41. The molecule has 2 aromatic rings. The molecule has 1 aromatic carbocycles. The molecule has 2 aliphatic rings. The quantitative estimate of drug-likeness (QED) is 0.766. The molecule has 1 unspecified atom stereocenters. The number of hydrazine groups is 1. The lowest BCUT2D eigenvalue weighted by atomic mass is 10.1. The average Bonchev–Trinajstić information content (AvgIpc) is 3.27. The van der Waals surface area contributed by atoms with Crippen LogP contribution in [0.3, 0.4) is 0 Å². The summed E-state index contributed by atoms with van der Waals surface area (Å²) in [5, 5.41) is 10.4. The standard InChI is InChI=1S/C19H22Cl2N4OS/c1-13-2-5-19(27-13)18-11-15(12-22-24-6-8-26-9-7-24)23-25(18)17-4-3-14(20)10-16(17)21/h2-5,10,18,22H,6-9,11-12H2,1H3. The first-order valence-electron chi connectivity index (χ1n) is 9.03. The topological polar surface area (TPSA) is 40.1 Å². The van der Waals surface area contributed by atoms with Gasteiger partial charge in [-0.1, -0.05) is 23.2 Å². The molecule has 1 atom stereocenters. The molecule has 0 amide bonds. The summed E-state index contributed by atoms with van der Waals surface area (Å²) in [6.07, 6.45) is 0.871. The summed E-state index contributed by atoms with van der Waals surface area (Å²) in [4.78, 5) is 2.59. The molecule has 1 saturated heterocycles. The molecule has 3 heterocycles. The molecule has 8 heteroatoms. The van der Waals surface area contributed by atoms with Crippen LogP contribution in [0.5, 0.6) is 0 Å². The Bertz CT molecular complexity index is 835. The van der Waals surface area contributed by atoms with Crippen LogP contribution in [-0.2, 0) is 4.74 Å². The summed E-state index contributed by atoms with van der Waals surface area (Å²) in [5.74, 6) is 0. The molecule has 0 spiro atoms. The van der Waals surface area contributed by atoms with Crippen LogP contribution in [0.15, 0.2) is 35.4 Å². The average molecular weight is 425 g/mol. The number of aryl methyl sites for hydroxylation is 1. The highest BCUT2D eigenvalue weighted by molar-refractivity contribution is 7.12. The van der Waals surface area contributed by atoms with Crippen molar-refractivity contribution in [1.29, 1.82) is 0 Å². The molecule has 27 heavy (non-hydrogen) atoms. The van der Waals surface area contributed by atoms with Crippen LogP contribution in [0.1, 0.15) is 22.2 Å². The summed E-state index contributed by atoms with van der Waals surface area (Å²) >= 11 is 14.4. The fraction of sp³-hybridized carbons (Fsp3) is 0.421. The summed E-state index contributed by atoms with van der Waals surface area (Å²) in [7, 11) is 0. The molecule has 1 N–H and O–H groups in total. The molecule has 0 radical (unpaired) electrons. The van der Waals surface area contributed by atoms with Crippen molar-refractivity contribution in [3.05, 3.63) is 50.1 Å². The van der Waals surface area contributed by atoms with E-state index >= 15 is 0 Å². The molecule has 5 nitrogen and oxygen atoms in total. The second-order valence-corrected chi connectivity index (χ2v) is 8.87. The van der Waals surface area contributed by atoms with E-state index in [4.69, 9.17) is 33.0 Å². The number of halogens is 2. The van der Waals surface area contributed by atoms with E-state index in [9.17, 15) is 0 Å². The number of hydrogen-bond donors (Lipinski definition) is 1. The van der Waals surface area contributed by atoms with Gasteiger partial charge in [0.05, 0.1) is 42.2 Å². The normalized spacial score (nSPS) is 20.9. The predicted octanol–water partition coefficient (Wildman–Crippen LogP) is 4.51. The minimum atomic E-state index is 0.156. The number of nitrogens with one attached hydrogen (secondary N) is 1. The third-order valence-electron chi connectivity index (χ3n) is 4.74. The van der Waals surface area contributed by atoms with Crippen molar-refractivity contribution in [1.82, 2.24) is 10.4 Å². The van der Waals surface area contributed by atoms with Gasteiger partial charge in [-0.15, -0.1) is 11.3 Å². The van der Waals surface area contributed by atoms with Crippen LogP contribution in [-0.4, -0.2) is 43.6 Å². The van der Waals surface area contributed by atoms with Crippen LogP contribution in [0.4, 0.5) is 5.69 Å². The lowest BCUT2D eigenvalue weighted by molar-refractivity contribution is 0.0150. The Morgan fingerprint density at radius 3 is 2.74 bits per heavy atom. The van der Waals surface area contributed by atoms with E-state index in [0.717, 1.165) is 50.7 Å². The molecule has 144 valence electrons. The number of nitrogens with zero attached hydrogens (tertiary/aromatic N) is 3. The number of thiophene rings is 1. The smallest absolute Gasteiger partial charge is 0.0921 e. The number of benzene rings is 1. The molecule has 0 saturated carbocycles. The maximum atomic E-state index is 6.48. The Balaban J connectivity index is 1.56. The van der Waals surface area contributed by atoms with Crippen molar-refractivity contribution < 1.29 is 4.74 Å². The minimum absolute atomic E-state index is 0.156. The first-order valence-corrected chi connectivity index (χ1v) is 10.6. The zero-order valence-electron chi connectivity index (χ0n) is 15.1. The van der Waals surface area contributed by atoms with Crippen LogP contribution in [0, 0.1) is 6.92 Å². The first-order chi connectivity index (χ1) is 13.1. The number of anilines is 1. The predicted molar refractivity (Wildman–Crippen MR) is 113 cm³/mol. The third kappa shape index (κ3) is 4.47. The van der Waals surface area contributed by atoms with Gasteiger partial charge in [0.15, 0.2) is 0 Å². The van der Waals surface area contributed by atoms with Gasteiger partial charge in [-0.3, -0.25) is 5.01 Å². The van der Waals surface area contributed by atoms with Crippen LogP contribution in [0.25, 0.3) is 0 Å². The van der Waals surface area contributed by atoms with Crippen molar-refractivity contribution in [3.8, 4) is 0 Å². The van der Waals surface area contributed by atoms with E-state index in [0.29, 0.717) is 10.0 Å². The minimum Gasteiger partial charge on any atom is -0.379 e. The number of morpholine rings is 1. The third-order valence-corrected chi connectivity index (χ3v) is 6.38. The van der Waals surface area contributed by atoms with E-state index in [1.807, 2.05) is 28.5 Å². The molecule has 0 aliphatic carbocycles. The van der Waals surface area contributed by atoms with E-state index in [2.05, 4.69) is 29.5 Å². The number of hydrogen-bond acceptors (Lipinski definition) is 6. The Morgan fingerprint density at radius 2 is 2.04 bits per heavy atom. The van der Waals surface area contributed by atoms with E-state index in [1.165, 1.54) is 9.75 Å². The van der Waals surface area contributed by atoms with E-state index < -0.39 is 0 Å². The summed E-state index contributed by atoms with van der Waals surface area (Å²) in [6.45, 7) is 6.18. The Labute approximate surface area is 173 Å². The molecular formula is C19H22Cl2N4OS. The maximum Gasteiger partial charge on any atom is 0.0921 e. The number of rotatable bonds is 5. The monoisotopic (exact) mass is 424 g/mol. The number of ether oxygens (including phenoxy) is 1. The maximum absolute atomic E-state index is 6.48. The van der Waals surface area contributed by atoms with Crippen molar-refractivity contribution in [2.75, 3.05) is 37.9 Å². The molecule has 1 aromatic heterocycles. The molecule has 1 fully saturated rings. The summed E-state index contributed by atoms with van der Waals surface area (Å²) in [6, 6.07) is 10.1. The fourth-order valence-electron chi connectivity index (χ4n) is 3.35. The van der Waals surface area contributed by atoms with E-state index in [-0.39, 0.29) is 6.04 Å². The lowest BCUT2D eigenvalue weighted by Gasteiger charge is -2.27. The highest BCUT2D eigenvalue weighted by Gasteiger charge is 2.31. The Kier molecular flexibility index (Phi) is 6.02. The zero-order chi connectivity index (χ0) is 18.8. The molecular weight excluding hydrogens is 403 g/mol.